The van der Waals surface area contributed by atoms with Crippen molar-refractivity contribution < 1.29 is 23.8 Å². The fourth-order valence-corrected chi connectivity index (χ4v) is 3.26. The number of pyridine rings is 1. The van der Waals surface area contributed by atoms with Crippen molar-refractivity contribution in [3.05, 3.63) is 47.2 Å². The number of carboxylic acids is 1. The van der Waals surface area contributed by atoms with Gasteiger partial charge in [-0.15, -0.1) is 11.3 Å². The van der Waals surface area contributed by atoms with E-state index in [4.69, 9.17) is 14.6 Å². The Labute approximate surface area is 159 Å². The van der Waals surface area contributed by atoms with Gasteiger partial charge in [-0.1, -0.05) is 0 Å². The number of nitrogens with zero attached hydrogens (tertiary/aromatic N) is 2. The molecule has 27 heavy (non-hydrogen) atoms. The highest BCUT2D eigenvalue weighted by atomic mass is 32.1. The SMILES string of the molecule is CCOc1ccc(-c2nc(-c3cc(F)cc(C(=O)O)n3)cs2)cc1OCC. The van der Waals surface area contributed by atoms with Gasteiger partial charge in [-0.25, -0.2) is 19.2 Å². The molecule has 0 saturated carbocycles. The van der Waals surface area contributed by atoms with Crippen molar-refractivity contribution in [2.24, 2.45) is 0 Å². The lowest BCUT2D eigenvalue weighted by Crippen LogP contribution is -2.02. The Morgan fingerprint density at radius 2 is 1.81 bits per heavy atom. The summed E-state index contributed by atoms with van der Waals surface area (Å²) < 4.78 is 24.9. The zero-order chi connectivity index (χ0) is 19.4. The summed E-state index contributed by atoms with van der Waals surface area (Å²) in [4.78, 5) is 19.5. The number of carboxylic acid groups (broad SMARTS) is 1. The Kier molecular flexibility index (Phi) is 5.66. The van der Waals surface area contributed by atoms with Gasteiger partial charge >= 0.3 is 5.97 Å². The van der Waals surface area contributed by atoms with Crippen LogP contribution in [-0.2, 0) is 0 Å². The second-order valence-electron chi connectivity index (χ2n) is 5.43. The highest BCUT2D eigenvalue weighted by Gasteiger charge is 2.15. The maximum Gasteiger partial charge on any atom is 0.354 e. The second kappa shape index (κ2) is 8.13. The van der Waals surface area contributed by atoms with Gasteiger partial charge in [-0.2, -0.15) is 0 Å². The van der Waals surface area contributed by atoms with Crippen LogP contribution in [0.5, 0.6) is 11.5 Å². The number of ether oxygens (including phenoxy) is 2. The molecule has 2 heterocycles. The molecule has 0 amide bonds. The molecule has 0 saturated heterocycles. The number of aromatic carboxylic acids is 1. The fourth-order valence-electron chi connectivity index (χ4n) is 2.45. The molecule has 8 heteroatoms. The Morgan fingerprint density at radius 3 is 2.52 bits per heavy atom. The van der Waals surface area contributed by atoms with Crippen LogP contribution >= 0.6 is 11.3 Å². The van der Waals surface area contributed by atoms with Gasteiger partial charge in [0.25, 0.3) is 0 Å². The van der Waals surface area contributed by atoms with Gasteiger partial charge in [0.1, 0.15) is 16.5 Å². The second-order valence-corrected chi connectivity index (χ2v) is 6.28. The smallest absolute Gasteiger partial charge is 0.354 e. The molecule has 3 aromatic rings. The molecule has 2 aromatic heterocycles. The number of halogens is 1. The summed E-state index contributed by atoms with van der Waals surface area (Å²) in [5, 5.41) is 11.4. The molecule has 140 valence electrons. The number of hydrogen-bond acceptors (Lipinski definition) is 6. The predicted molar refractivity (Wildman–Crippen MR) is 100 cm³/mol. The lowest BCUT2D eigenvalue weighted by molar-refractivity contribution is 0.0690. The summed E-state index contributed by atoms with van der Waals surface area (Å²) in [7, 11) is 0. The standard InChI is InChI=1S/C19H17FN2O4S/c1-3-25-16-6-5-11(7-17(16)26-4-2)18-22-15(10-27-18)13-8-12(20)9-14(21-13)19(23)24/h5-10H,3-4H2,1-2H3,(H,23,24). The third-order valence-electron chi connectivity index (χ3n) is 3.57. The van der Waals surface area contributed by atoms with Crippen LogP contribution in [0.25, 0.3) is 22.0 Å². The van der Waals surface area contributed by atoms with Crippen LogP contribution in [0.3, 0.4) is 0 Å². The number of carbonyl (C=O) groups is 1. The molecule has 0 aliphatic carbocycles. The molecule has 0 unspecified atom stereocenters. The number of benzene rings is 1. The highest BCUT2D eigenvalue weighted by molar-refractivity contribution is 7.13. The van der Waals surface area contributed by atoms with Crippen LogP contribution in [0.2, 0.25) is 0 Å². The van der Waals surface area contributed by atoms with E-state index in [-0.39, 0.29) is 11.4 Å². The maximum absolute atomic E-state index is 13.7. The van der Waals surface area contributed by atoms with E-state index in [0.717, 1.165) is 17.7 Å². The molecule has 1 N–H and O–H groups in total. The minimum atomic E-state index is -1.29. The van der Waals surface area contributed by atoms with Gasteiger partial charge in [0.2, 0.25) is 0 Å². The quantitative estimate of drug-likeness (QED) is 0.641. The lowest BCUT2D eigenvalue weighted by Gasteiger charge is -2.11. The van der Waals surface area contributed by atoms with E-state index in [1.54, 1.807) is 5.38 Å². The molecule has 0 bridgehead atoms. The van der Waals surface area contributed by atoms with E-state index in [9.17, 15) is 9.18 Å². The van der Waals surface area contributed by atoms with E-state index in [0.29, 0.717) is 35.4 Å². The monoisotopic (exact) mass is 388 g/mol. The first-order valence-corrected chi connectivity index (χ1v) is 9.16. The topological polar surface area (TPSA) is 81.5 Å². The first kappa shape index (κ1) is 18.8. The average Bonchev–Trinajstić information content (AvgIpc) is 3.13. The van der Waals surface area contributed by atoms with Gasteiger partial charge in [-0.05, 0) is 32.0 Å². The summed E-state index contributed by atoms with van der Waals surface area (Å²) >= 11 is 1.35. The highest BCUT2D eigenvalue weighted by Crippen LogP contribution is 2.35. The molecule has 0 fully saturated rings. The molecular weight excluding hydrogens is 371 g/mol. The maximum atomic E-state index is 13.7. The minimum absolute atomic E-state index is 0.172. The molecule has 6 nitrogen and oxygen atoms in total. The first-order chi connectivity index (χ1) is 13.0. The van der Waals surface area contributed by atoms with Gasteiger partial charge < -0.3 is 14.6 Å². The zero-order valence-corrected chi connectivity index (χ0v) is 15.5. The largest absolute Gasteiger partial charge is 0.490 e. The first-order valence-electron chi connectivity index (χ1n) is 8.28. The third kappa shape index (κ3) is 4.22. The van der Waals surface area contributed by atoms with E-state index >= 15 is 0 Å². The summed E-state index contributed by atoms with van der Waals surface area (Å²) in [6.45, 7) is 4.81. The lowest BCUT2D eigenvalue weighted by atomic mass is 10.2. The minimum Gasteiger partial charge on any atom is -0.490 e. The molecule has 0 aliphatic rings. The van der Waals surface area contributed by atoms with Crippen LogP contribution in [-0.4, -0.2) is 34.3 Å². The number of rotatable bonds is 7. The number of hydrogen-bond donors (Lipinski definition) is 1. The number of aromatic nitrogens is 2. The molecule has 0 atom stereocenters. The van der Waals surface area contributed by atoms with Crippen LogP contribution in [0.4, 0.5) is 4.39 Å². The molecule has 0 spiro atoms. The van der Waals surface area contributed by atoms with Gasteiger partial charge in [0.15, 0.2) is 17.2 Å². The van der Waals surface area contributed by atoms with Crippen LogP contribution in [0.15, 0.2) is 35.7 Å². The summed E-state index contributed by atoms with van der Waals surface area (Å²) in [5.41, 5.74) is 1.03. The molecule has 1 aromatic carbocycles. The number of thiazole rings is 1. The van der Waals surface area contributed by atoms with Crippen molar-refractivity contribution in [2.75, 3.05) is 13.2 Å². The molecule has 0 radical (unpaired) electrons. The van der Waals surface area contributed by atoms with Gasteiger partial charge in [-0.3, -0.25) is 0 Å². The Balaban J connectivity index is 1.96. The fraction of sp³-hybridized carbons (Fsp3) is 0.211. The van der Waals surface area contributed by atoms with E-state index in [2.05, 4.69) is 9.97 Å². The van der Waals surface area contributed by atoms with Crippen LogP contribution in [0, 0.1) is 5.82 Å². The van der Waals surface area contributed by atoms with E-state index in [1.807, 2.05) is 32.0 Å². The Bertz CT molecular complexity index is 974. The van der Waals surface area contributed by atoms with Crippen molar-refractivity contribution in [3.8, 4) is 33.5 Å². The zero-order valence-electron chi connectivity index (χ0n) is 14.7. The van der Waals surface area contributed by atoms with Crippen molar-refractivity contribution in [1.29, 1.82) is 0 Å². The molecular formula is C19H17FN2O4S. The van der Waals surface area contributed by atoms with Crippen LogP contribution in [0.1, 0.15) is 24.3 Å². The normalized spacial score (nSPS) is 10.6. The van der Waals surface area contributed by atoms with E-state index in [1.165, 1.54) is 11.3 Å². The van der Waals surface area contributed by atoms with Crippen molar-refractivity contribution in [2.45, 2.75) is 13.8 Å². The summed E-state index contributed by atoms with van der Waals surface area (Å²) in [6, 6.07) is 7.54. The van der Waals surface area contributed by atoms with E-state index < -0.39 is 11.8 Å². The van der Waals surface area contributed by atoms with Crippen molar-refractivity contribution >= 4 is 17.3 Å². The van der Waals surface area contributed by atoms with Crippen molar-refractivity contribution in [3.63, 3.8) is 0 Å². The molecule has 0 aliphatic heterocycles. The van der Waals surface area contributed by atoms with Gasteiger partial charge in [0.05, 0.1) is 18.9 Å². The van der Waals surface area contributed by atoms with Crippen LogP contribution < -0.4 is 9.47 Å². The summed E-state index contributed by atoms with van der Waals surface area (Å²) in [5.74, 6) is -0.700. The Morgan fingerprint density at radius 1 is 1.07 bits per heavy atom. The van der Waals surface area contributed by atoms with Gasteiger partial charge in [0, 0.05) is 23.1 Å². The summed E-state index contributed by atoms with van der Waals surface area (Å²) in [6.07, 6.45) is 0. The predicted octanol–water partition coefficient (Wildman–Crippen LogP) is 4.51. The Hall–Kier alpha value is -3.00. The van der Waals surface area contributed by atoms with Crippen molar-refractivity contribution in [1.82, 2.24) is 9.97 Å². The molecule has 3 rings (SSSR count). The average molecular weight is 388 g/mol. The third-order valence-corrected chi connectivity index (χ3v) is 4.46.